The standard InChI is InChI=1S/C5H5F7O3S/c6-3(7,1-2-16(13,14)15)4(8,9)5(10,11)12/h1-2H2,(H,13,14,15). The van der Waals surface area contributed by atoms with Crippen LogP contribution in [0.4, 0.5) is 30.7 Å². The van der Waals surface area contributed by atoms with E-state index in [-0.39, 0.29) is 0 Å². The SMILES string of the molecule is O=S(=O)(O)CCC(F)(F)C(F)(F)C(F)(F)F. The first kappa shape index (κ1) is 15.4. The van der Waals surface area contributed by atoms with E-state index < -0.39 is 40.3 Å². The van der Waals surface area contributed by atoms with E-state index in [1.54, 1.807) is 0 Å². The van der Waals surface area contributed by atoms with Gasteiger partial charge in [-0.15, -0.1) is 0 Å². The lowest BCUT2D eigenvalue weighted by Crippen LogP contribution is -2.52. The lowest BCUT2D eigenvalue weighted by Gasteiger charge is -2.27. The quantitative estimate of drug-likeness (QED) is 0.633. The minimum absolute atomic E-state index is 1.90. The van der Waals surface area contributed by atoms with Crippen molar-refractivity contribution in [1.29, 1.82) is 0 Å². The van der Waals surface area contributed by atoms with Gasteiger partial charge in [0.05, 0.1) is 5.75 Å². The predicted octanol–water partition coefficient (Wildman–Crippen LogP) is 2.10. The van der Waals surface area contributed by atoms with Gasteiger partial charge in [0.1, 0.15) is 0 Å². The molecule has 0 aliphatic heterocycles. The van der Waals surface area contributed by atoms with Crippen LogP contribution < -0.4 is 0 Å². The van der Waals surface area contributed by atoms with Crippen LogP contribution in [0.1, 0.15) is 6.42 Å². The Morgan fingerprint density at radius 1 is 0.938 bits per heavy atom. The lowest BCUT2D eigenvalue weighted by molar-refractivity contribution is -0.354. The van der Waals surface area contributed by atoms with Crippen molar-refractivity contribution in [3.8, 4) is 0 Å². The highest BCUT2D eigenvalue weighted by molar-refractivity contribution is 7.85. The third-order valence-electron chi connectivity index (χ3n) is 1.49. The van der Waals surface area contributed by atoms with E-state index in [2.05, 4.69) is 0 Å². The van der Waals surface area contributed by atoms with E-state index >= 15 is 0 Å². The first-order valence-electron chi connectivity index (χ1n) is 3.48. The first-order valence-corrected chi connectivity index (χ1v) is 5.09. The molecule has 0 amide bonds. The Bertz CT molecular complexity index is 344. The van der Waals surface area contributed by atoms with Crippen molar-refractivity contribution in [2.24, 2.45) is 0 Å². The van der Waals surface area contributed by atoms with Crippen LogP contribution in [0.2, 0.25) is 0 Å². The van der Waals surface area contributed by atoms with Crippen LogP contribution in [0.5, 0.6) is 0 Å². The van der Waals surface area contributed by atoms with Gasteiger partial charge >= 0.3 is 18.0 Å². The van der Waals surface area contributed by atoms with Crippen LogP contribution in [0.25, 0.3) is 0 Å². The molecule has 0 saturated heterocycles. The van der Waals surface area contributed by atoms with Crippen LogP contribution in [0, 0.1) is 0 Å². The summed E-state index contributed by atoms with van der Waals surface area (Å²) < 4.78 is 111. The number of rotatable bonds is 4. The smallest absolute Gasteiger partial charge is 0.286 e. The summed E-state index contributed by atoms with van der Waals surface area (Å²) in [5.41, 5.74) is 0. The molecule has 1 N–H and O–H groups in total. The molecule has 16 heavy (non-hydrogen) atoms. The normalized spacial score (nSPS) is 15.2. The second-order valence-electron chi connectivity index (χ2n) is 2.81. The molecule has 0 saturated carbocycles. The molecule has 0 bridgehead atoms. The summed E-state index contributed by atoms with van der Waals surface area (Å²) in [7, 11) is -5.04. The summed E-state index contributed by atoms with van der Waals surface area (Å²) in [6.45, 7) is 0. The van der Waals surface area contributed by atoms with E-state index in [0.717, 1.165) is 0 Å². The summed E-state index contributed by atoms with van der Waals surface area (Å²) in [5, 5.41) is 0. The summed E-state index contributed by atoms with van der Waals surface area (Å²) in [5.74, 6) is -13.9. The Kier molecular flexibility index (Phi) is 3.87. The van der Waals surface area contributed by atoms with Gasteiger partial charge in [-0.2, -0.15) is 39.2 Å². The summed E-state index contributed by atoms with van der Waals surface area (Å²) in [6, 6.07) is 0. The molecule has 3 nitrogen and oxygen atoms in total. The fraction of sp³-hybridized carbons (Fsp3) is 1.00. The summed E-state index contributed by atoms with van der Waals surface area (Å²) >= 11 is 0. The van der Waals surface area contributed by atoms with E-state index in [9.17, 15) is 39.2 Å². The van der Waals surface area contributed by atoms with Gasteiger partial charge < -0.3 is 0 Å². The van der Waals surface area contributed by atoms with Gasteiger partial charge in [0.25, 0.3) is 10.1 Å². The summed E-state index contributed by atoms with van der Waals surface area (Å²) in [6.07, 6.45) is -8.84. The monoisotopic (exact) mass is 278 g/mol. The molecule has 0 heterocycles. The summed E-state index contributed by atoms with van der Waals surface area (Å²) in [4.78, 5) is 0. The molecule has 11 heteroatoms. The van der Waals surface area contributed by atoms with Crippen molar-refractivity contribution >= 4 is 10.1 Å². The molecule has 98 valence electrons. The zero-order valence-electron chi connectivity index (χ0n) is 7.23. The van der Waals surface area contributed by atoms with Crippen molar-refractivity contribution in [3.05, 3.63) is 0 Å². The molecule has 0 unspecified atom stereocenters. The fourth-order valence-electron chi connectivity index (χ4n) is 0.622. The van der Waals surface area contributed by atoms with Crippen molar-refractivity contribution < 1.29 is 43.7 Å². The maximum Gasteiger partial charge on any atom is 0.459 e. The molecule has 0 radical (unpaired) electrons. The Balaban J connectivity index is 4.93. The fourth-order valence-corrected chi connectivity index (χ4v) is 1.14. The third-order valence-corrected chi connectivity index (χ3v) is 2.21. The van der Waals surface area contributed by atoms with E-state index in [1.807, 2.05) is 0 Å². The molecule has 0 fully saturated rings. The van der Waals surface area contributed by atoms with E-state index in [4.69, 9.17) is 4.55 Å². The highest BCUT2D eigenvalue weighted by Gasteiger charge is 2.72. The number of halogens is 7. The van der Waals surface area contributed by atoms with Crippen LogP contribution in [0.3, 0.4) is 0 Å². The third kappa shape index (κ3) is 3.47. The molecule has 0 atom stereocenters. The van der Waals surface area contributed by atoms with Crippen molar-refractivity contribution in [3.63, 3.8) is 0 Å². The minimum atomic E-state index is -6.50. The van der Waals surface area contributed by atoms with Gasteiger partial charge in [-0.05, 0) is 0 Å². The van der Waals surface area contributed by atoms with Crippen molar-refractivity contribution in [2.45, 2.75) is 24.4 Å². The molecular formula is C5H5F7O3S. The Hall–Kier alpha value is -0.580. The van der Waals surface area contributed by atoms with Crippen LogP contribution >= 0.6 is 0 Å². The highest BCUT2D eigenvalue weighted by Crippen LogP contribution is 2.47. The lowest BCUT2D eigenvalue weighted by atomic mass is 10.1. The Labute approximate surface area is 85.0 Å². The molecule has 0 rings (SSSR count). The maximum atomic E-state index is 12.4. The zero-order valence-corrected chi connectivity index (χ0v) is 8.05. The van der Waals surface area contributed by atoms with Crippen molar-refractivity contribution in [1.82, 2.24) is 0 Å². The van der Waals surface area contributed by atoms with Crippen LogP contribution in [-0.4, -0.2) is 36.7 Å². The molecule has 0 aliphatic carbocycles. The molecular weight excluding hydrogens is 273 g/mol. The molecule has 0 spiro atoms. The van der Waals surface area contributed by atoms with Gasteiger partial charge in [-0.25, -0.2) is 0 Å². The molecule has 0 aliphatic rings. The predicted molar refractivity (Wildman–Crippen MR) is 37.0 cm³/mol. The number of hydrogen-bond donors (Lipinski definition) is 1. The first-order chi connectivity index (χ1) is 6.71. The van der Waals surface area contributed by atoms with Gasteiger partial charge in [0.15, 0.2) is 0 Å². The van der Waals surface area contributed by atoms with Gasteiger partial charge in [-0.3, -0.25) is 4.55 Å². The average Bonchev–Trinajstić information content (AvgIpc) is 1.97. The minimum Gasteiger partial charge on any atom is -0.286 e. The van der Waals surface area contributed by atoms with Crippen LogP contribution in [0.15, 0.2) is 0 Å². The highest BCUT2D eigenvalue weighted by atomic mass is 32.2. The van der Waals surface area contributed by atoms with E-state index in [0.29, 0.717) is 0 Å². The van der Waals surface area contributed by atoms with E-state index in [1.165, 1.54) is 0 Å². The van der Waals surface area contributed by atoms with Crippen molar-refractivity contribution in [2.75, 3.05) is 5.75 Å². The Morgan fingerprint density at radius 2 is 1.31 bits per heavy atom. The second kappa shape index (κ2) is 4.02. The molecule has 0 aromatic carbocycles. The van der Waals surface area contributed by atoms with Gasteiger partial charge in [-0.1, -0.05) is 0 Å². The average molecular weight is 278 g/mol. The van der Waals surface area contributed by atoms with Crippen LogP contribution in [-0.2, 0) is 10.1 Å². The second-order valence-corrected chi connectivity index (χ2v) is 4.38. The Morgan fingerprint density at radius 3 is 1.56 bits per heavy atom. The largest absolute Gasteiger partial charge is 0.459 e. The van der Waals surface area contributed by atoms with Gasteiger partial charge in [0, 0.05) is 6.42 Å². The molecule has 0 aromatic heterocycles. The zero-order chi connectivity index (χ0) is 13.4. The molecule has 0 aromatic rings. The van der Waals surface area contributed by atoms with Gasteiger partial charge in [0.2, 0.25) is 0 Å². The number of hydrogen-bond acceptors (Lipinski definition) is 2. The topological polar surface area (TPSA) is 54.4 Å². The maximum absolute atomic E-state index is 12.4. The number of alkyl halides is 7.